The van der Waals surface area contributed by atoms with Gasteiger partial charge in [0.2, 0.25) is 0 Å². The molecular formula is C17H30N4O2S. The lowest BCUT2D eigenvalue weighted by molar-refractivity contribution is 0.212. The summed E-state index contributed by atoms with van der Waals surface area (Å²) < 4.78 is 27.1. The van der Waals surface area contributed by atoms with Crippen LogP contribution in [0.4, 0.5) is 5.69 Å². The first-order valence-corrected chi connectivity index (χ1v) is 10.3. The highest BCUT2D eigenvalue weighted by Gasteiger charge is 2.24. The van der Waals surface area contributed by atoms with E-state index < -0.39 is 10.0 Å². The molecule has 1 aliphatic rings. The van der Waals surface area contributed by atoms with E-state index in [-0.39, 0.29) is 4.90 Å². The lowest BCUT2D eigenvalue weighted by Gasteiger charge is -2.28. The molecule has 0 bridgehead atoms. The van der Waals surface area contributed by atoms with Crippen molar-refractivity contribution in [1.29, 1.82) is 0 Å². The first kappa shape index (κ1) is 19.2. The van der Waals surface area contributed by atoms with Gasteiger partial charge in [0.15, 0.2) is 0 Å². The van der Waals surface area contributed by atoms with Crippen molar-refractivity contribution in [3.05, 3.63) is 24.3 Å². The number of likely N-dealkylation sites (tertiary alicyclic amines) is 1. The van der Waals surface area contributed by atoms with Crippen LogP contribution in [0.1, 0.15) is 39.0 Å². The number of hydrogen-bond acceptors (Lipinski definition) is 5. The molecular weight excluding hydrogens is 324 g/mol. The second-order valence-electron chi connectivity index (χ2n) is 6.31. The number of hydrogen-bond donors (Lipinski definition) is 2. The summed E-state index contributed by atoms with van der Waals surface area (Å²) in [6.45, 7) is 6.34. The third kappa shape index (κ3) is 5.44. The van der Waals surface area contributed by atoms with Crippen molar-refractivity contribution in [3.63, 3.8) is 0 Å². The molecule has 3 N–H and O–H groups in total. The van der Waals surface area contributed by atoms with E-state index in [1.54, 1.807) is 24.3 Å². The number of hydrazine groups is 1. The molecule has 1 aliphatic heterocycles. The minimum Gasteiger partial charge on any atom is -0.399 e. The molecule has 0 atom stereocenters. The van der Waals surface area contributed by atoms with Crippen LogP contribution in [0.15, 0.2) is 29.2 Å². The van der Waals surface area contributed by atoms with Crippen LogP contribution in [-0.2, 0) is 10.0 Å². The highest BCUT2D eigenvalue weighted by molar-refractivity contribution is 7.89. The molecule has 1 saturated heterocycles. The summed E-state index contributed by atoms with van der Waals surface area (Å²) in [5.74, 6) is 0. The SMILES string of the molecule is CCCNN(CCCN1CCCCC1)S(=O)(=O)c1ccc(N)cc1. The zero-order valence-electron chi connectivity index (χ0n) is 14.6. The van der Waals surface area contributed by atoms with Crippen molar-refractivity contribution >= 4 is 15.7 Å². The van der Waals surface area contributed by atoms with Crippen LogP contribution in [0, 0.1) is 0 Å². The Bertz CT molecular complexity index is 583. The Labute approximate surface area is 146 Å². The number of nitrogens with one attached hydrogen (secondary N) is 1. The van der Waals surface area contributed by atoms with Gasteiger partial charge in [0.05, 0.1) is 4.90 Å². The van der Waals surface area contributed by atoms with Gasteiger partial charge in [0, 0.05) is 18.8 Å². The van der Waals surface area contributed by atoms with Gasteiger partial charge >= 0.3 is 0 Å². The number of benzene rings is 1. The molecule has 0 radical (unpaired) electrons. The average Bonchev–Trinajstić information content (AvgIpc) is 2.59. The number of sulfonamides is 1. The summed E-state index contributed by atoms with van der Waals surface area (Å²) in [7, 11) is -3.54. The molecule has 7 heteroatoms. The highest BCUT2D eigenvalue weighted by atomic mass is 32.2. The molecule has 2 rings (SSSR count). The second kappa shape index (κ2) is 9.36. The van der Waals surface area contributed by atoms with Crippen LogP contribution in [0.5, 0.6) is 0 Å². The minimum absolute atomic E-state index is 0.276. The third-order valence-electron chi connectivity index (χ3n) is 4.29. The Morgan fingerprint density at radius 2 is 1.83 bits per heavy atom. The number of nitrogens with zero attached hydrogens (tertiary/aromatic N) is 2. The molecule has 0 spiro atoms. The number of nitrogen functional groups attached to an aromatic ring is 1. The Hall–Kier alpha value is -1.15. The predicted molar refractivity (Wildman–Crippen MR) is 97.9 cm³/mol. The predicted octanol–water partition coefficient (Wildman–Crippen LogP) is 2.05. The van der Waals surface area contributed by atoms with Crippen molar-refractivity contribution in [1.82, 2.24) is 14.7 Å². The van der Waals surface area contributed by atoms with E-state index in [0.717, 1.165) is 32.5 Å². The molecule has 1 fully saturated rings. The second-order valence-corrected chi connectivity index (χ2v) is 8.17. The van der Waals surface area contributed by atoms with Gasteiger partial charge in [-0.1, -0.05) is 13.3 Å². The van der Waals surface area contributed by atoms with Gasteiger partial charge in [0.1, 0.15) is 0 Å². The maximum absolute atomic E-state index is 12.8. The number of anilines is 1. The minimum atomic E-state index is -3.54. The Morgan fingerprint density at radius 1 is 1.17 bits per heavy atom. The molecule has 6 nitrogen and oxygen atoms in total. The number of nitrogens with two attached hydrogens (primary N) is 1. The fraction of sp³-hybridized carbons (Fsp3) is 0.647. The fourth-order valence-electron chi connectivity index (χ4n) is 2.91. The lowest BCUT2D eigenvalue weighted by atomic mass is 10.1. The Balaban J connectivity index is 1.98. The maximum atomic E-state index is 12.8. The molecule has 136 valence electrons. The standard InChI is InChI=1S/C17H30N4O2S/c1-2-11-19-21(15-6-14-20-12-4-3-5-13-20)24(22,23)17-9-7-16(18)8-10-17/h7-10,19H,2-6,11-15,18H2,1H3. The number of rotatable bonds is 9. The molecule has 1 aromatic carbocycles. The Kier molecular flexibility index (Phi) is 7.48. The molecule has 0 saturated carbocycles. The summed E-state index contributed by atoms with van der Waals surface area (Å²) in [6, 6.07) is 6.38. The normalized spacial score (nSPS) is 16.6. The van der Waals surface area contributed by atoms with Gasteiger partial charge < -0.3 is 10.6 Å². The fourth-order valence-corrected chi connectivity index (χ4v) is 4.27. The summed E-state index contributed by atoms with van der Waals surface area (Å²) in [5, 5.41) is 0. The van der Waals surface area contributed by atoms with Gasteiger partial charge in [0.25, 0.3) is 10.0 Å². The first-order chi connectivity index (χ1) is 11.5. The molecule has 24 heavy (non-hydrogen) atoms. The molecule has 1 heterocycles. The molecule has 0 unspecified atom stereocenters. The molecule has 1 aromatic rings. The first-order valence-electron chi connectivity index (χ1n) is 8.88. The van der Waals surface area contributed by atoms with E-state index in [1.807, 2.05) is 6.92 Å². The van der Waals surface area contributed by atoms with E-state index in [4.69, 9.17) is 5.73 Å². The van der Waals surface area contributed by atoms with Gasteiger partial charge in [-0.15, -0.1) is 4.41 Å². The van der Waals surface area contributed by atoms with E-state index >= 15 is 0 Å². The maximum Gasteiger partial charge on any atom is 0.255 e. The van der Waals surface area contributed by atoms with Crippen molar-refractivity contribution in [3.8, 4) is 0 Å². The monoisotopic (exact) mass is 354 g/mol. The van der Waals surface area contributed by atoms with Crippen LogP contribution in [0.2, 0.25) is 0 Å². The topological polar surface area (TPSA) is 78.7 Å². The Morgan fingerprint density at radius 3 is 2.46 bits per heavy atom. The van der Waals surface area contributed by atoms with Gasteiger partial charge in [-0.2, -0.15) is 0 Å². The van der Waals surface area contributed by atoms with E-state index in [9.17, 15) is 8.42 Å². The lowest BCUT2D eigenvalue weighted by Crippen LogP contribution is -2.44. The van der Waals surface area contributed by atoms with E-state index in [1.165, 1.54) is 23.7 Å². The average molecular weight is 355 g/mol. The van der Waals surface area contributed by atoms with Crippen molar-refractivity contribution in [2.45, 2.75) is 43.9 Å². The quantitative estimate of drug-likeness (QED) is 0.524. The van der Waals surface area contributed by atoms with Crippen LogP contribution in [0.3, 0.4) is 0 Å². The molecule has 0 aromatic heterocycles. The highest BCUT2D eigenvalue weighted by Crippen LogP contribution is 2.17. The van der Waals surface area contributed by atoms with Crippen LogP contribution in [0.25, 0.3) is 0 Å². The zero-order chi connectivity index (χ0) is 17.4. The number of piperidine rings is 1. The van der Waals surface area contributed by atoms with Crippen molar-refractivity contribution in [2.24, 2.45) is 0 Å². The molecule has 0 aliphatic carbocycles. The summed E-state index contributed by atoms with van der Waals surface area (Å²) in [4.78, 5) is 2.70. The largest absolute Gasteiger partial charge is 0.399 e. The van der Waals surface area contributed by atoms with Gasteiger partial charge in [-0.25, -0.2) is 13.8 Å². The third-order valence-corrected chi connectivity index (χ3v) is 6.05. The summed E-state index contributed by atoms with van der Waals surface area (Å²) in [6.07, 6.45) is 5.51. The smallest absolute Gasteiger partial charge is 0.255 e. The van der Waals surface area contributed by atoms with Crippen LogP contribution in [-0.4, -0.2) is 50.5 Å². The zero-order valence-corrected chi connectivity index (χ0v) is 15.4. The van der Waals surface area contributed by atoms with Gasteiger partial charge in [-0.3, -0.25) is 0 Å². The van der Waals surface area contributed by atoms with Crippen molar-refractivity contribution in [2.75, 3.05) is 38.5 Å². The summed E-state index contributed by atoms with van der Waals surface area (Å²) >= 11 is 0. The van der Waals surface area contributed by atoms with Gasteiger partial charge in [-0.05, 0) is 69.6 Å². The van der Waals surface area contributed by atoms with E-state index in [2.05, 4.69) is 10.3 Å². The van der Waals surface area contributed by atoms with Crippen LogP contribution >= 0.6 is 0 Å². The van der Waals surface area contributed by atoms with E-state index in [0.29, 0.717) is 18.8 Å². The molecule has 0 amide bonds. The van der Waals surface area contributed by atoms with Crippen molar-refractivity contribution < 1.29 is 8.42 Å². The summed E-state index contributed by atoms with van der Waals surface area (Å²) in [5.41, 5.74) is 9.28. The van der Waals surface area contributed by atoms with Crippen LogP contribution < -0.4 is 11.2 Å².